The number of carbonyl (C=O) groups excluding carboxylic acids is 2. The van der Waals surface area contributed by atoms with Crippen molar-refractivity contribution in [2.45, 2.75) is 72.1 Å². The first-order valence-electron chi connectivity index (χ1n) is 15.5. The van der Waals surface area contributed by atoms with E-state index in [2.05, 4.69) is 5.32 Å². The number of halogens is 1. The maximum atomic E-state index is 15.2. The summed E-state index contributed by atoms with van der Waals surface area (Å²) in [5.41, 5.74) is 1.85. The lowest BCUT2D eigenvalue weighted by Crippen LogP contribution is -2.47. The molecule has 4 aromatic rings. The van der Waals surface area contributed by atoms with Crippen molar-refractivity contribution < 1.29 is 18.7 Å². The van der Waals surface area contributed by atoms with Gasteiger partial charge in [0.05, 0.1) is 11.4 Å². The molecule has 11 heteroatoms. The summed E-state index contributed by atoms with van der Waals surface area (Å²) in [4.78, 5) is 52.6. The first-order chi connectivity index (χ1) is 21.7. The molecule has 0 unspecified atom stereocenters. The van der Waals surface area contributed by atoms with E-state index >= 15 is 4.39 Å². The summed E-state index contributed by atoms with van der Waals surface area (Å²) in [5.74, 6) is -0.407. The van der Waals surface area contributed by atoms with Gasteiger partial charge in [0.15, 0.2) is 5.65 Å². The zero-order valence-corrected chi connectivity index (χ0v) is 27.4. The van der Waals surface area contributed by atoms with Crippen LogP contribution in [0, 0.1) is 12.7 Å². The number of pyridine rings is 1. The second-order valence-electron chi connectivity index (χ2n) is 13.0. The fourth-order valence-electron chi connectivity index (χ4n) is 5.62. The van der Waals surface area contributed by atoms with E-state index in [-0.39, 0.29) is 35.4 Å². The number of hydrogen-bond donors (Lipinski definition) is 1. The second-order valence-corrected chi connectivity index (χ2v) is 13.0. The first kappa shape index (κ1) is 32.6. The third-order valence-corrected chi connectivity index (χ3v) is 7.98. The topological polar surface area (TPSA) is 110 Å². The number of fused-ring (bicyclic) bond motifs is 1. The third kappa shape index (κ3) is 6.88. The lowest BCUT2D eigenvalue weighted by Gasteiger charge is -2.37. The van der Waals surface area contributed by atoms with Gasteiger partial charge in [0.2, 0.25) is 5.95 Å². The number of hydrogen-bond acceptors (Lipinski definition) is 7. The molecule has 1 saturated heterocycles. The number of ether oxygens (including phenoxy) is 1. The molecule has 242 valence electrons. The largest absolute Gasteiger partial charge is 0.444 e. The Hall–Kier alpha value is -4.80. The smallest absolute Gasteiger partial charge is 0.410 e. The van der Waals surface area contributed by atoms with Crippen molar-refractivity contribution in [3.63, 3.8) is 0 Å². The van der Waals surface area contributed by atoms with Gasteiger partial charge in [-0.05, 0) is 90.3 Å². The van der Waals surface area contributed by atoms with Crippen LogP contribution in [-0.2, 0) is 4.74 Å². The molecular weight excluding hydrogens is 587 g/mol. The van der Waals surface area contributed by atoms with Gasteiger partial charge in [0.25, 0.3) is 11.5 Å². The molecule has 1 aliphatic rings. The van der Waals surface area contributed by atoms with Crippen molar-refractivity contribution in [1.82, 2.24) is 24.8 Å². The van der Waals surface area contributed by atoms with Crippen LogP contribution < -0.4 is 15.8 Å². The highest BCUT2D eigenvalue weighted by Gasteiger charge is 2.30. The molecule has 2 amide bonds. The Bertz CT molecular complexity index is 1840. The molecule has 0 radical (unpaired) electrons. The van der Waals surface area contributed by atoms with Crippen LogP contribution in [0.25, 0.3) is 28.0 Å². The van der Waals surface area contributed by atoms with E-state index in [0.717, 1.165) is 5.56 Å². The highest BCUT2D eigenvalue weighted by atomic mass is 19.1. The van der Waals surface area contributed by atoms with Gasteiger partial charge in [-0.3, -0.25) is 14.2 Å². The third-order valence-electron chi connectivity index (χ3n) is 7.98. The number of rotatable bonds is 6. The van der Waals surface area contributed by atoms with E-state index in [1.54, 1.807) is 42.3 Å². The normalized spacial score (nSPS) is 14.1. The summed E-state index contributed by atoms with van der Waals surface area (Å²) in [6.45, 7) is 12.3. The van der Waals surface area contributed by atoms with Crippen LogP contribution in [0.3, 0.4) is 0 Å². The Kier molecular flexibility index (Phi) is 9.14. The average Bonchev–Trinajstić information content (AvgIpc) is 3.00. The van der Waals surface area contributed by atoms with Crippen molar-refractivity contribution in [3.05, 3.63) is 81.9 Å². The Morgan fingerprint density at radius 2 is 1.74 bits per heavy atom. The summed E-state index contributed by atoms with van der Waals surface area (Å²) < 4.78 is 22.0. The molecule has 46 heavy (non-hydrogen) atoms. The maximum absolute atomic E-state index is 15.2. The number of nitrogens with zero attached hydrogens (tertiary/aromatic N) is 5. The quantitative estimate of drug-likeness (QED) is 0.285. The van der Waals surface area contributed by atoms with Gasteiger partial charge >= 0.3 is 6.09 Å². The van der Waals surface area contributed by atoms with Gasteiger partial charge in [0.1, 0.15) is 11.4 Å². The molecule has 0 atom stereocenters. The van der Waals surface area contributed by atoms with Crippen molar-refractivity contribution in [2.24, 2.45) is 0 Å². The number of anilines is 1. The van der Waals surface area contributed by atoms with Crippen LogP contribution in [0.2, 0.25) is 0 Å². The standard InChI is InChI=1S/C35H41FN6O4/c1-21(2)37-32(44)23-13-12-22(3)26(20-23)30-25-14-15-29(43)42(28-11-9-8-10-27(28)36)31(25)39-33(38-30)41-18-16-24(17-19-41)40(7)34(45)46-35(4,5)6/h8-15,20-21,24H,16-19H2,1-7H3,(H,37,44). The molecule has 1 aliphatic heterocycles. The molecule has 0 aliphatic carbocycles. The molecular formula is C35H41FN6O4. The van der Waals surface area contributed by atoms with Crippen LogP contribution in [0.4, 0.5) is 15.1 Å². The fraction of sp³-hybridized carbons (Fsp3) is 0.400. The summed E-state index contributed by atoms with van der Waals surface area (Å²) >= 11 is 0. The van der Waals surface area contributed by atoms with Crippen LogP contribution in [0.15, 0.2) is 59.4 Å². The van der Waals surface area contributed by atoms with Crippen molar-refractivity contribution in [3.8, 4) is 16.9 Å². The predicted octanol–water partition coefficient (Wildman–Crippen LogP) is 5.87. The van der Waals surface area contributed by atoms with Gasteiger partial charge in [-0.15, -0.1) is 0 Å². The van der Waals surface area contributed by atoms with E-state index < -0.39 is 17.0 Å². The molecule has 1 fully saturated rings. The van der Waals surface area contributed by atoms with Crippen LogP contribution in [-0.4, -0.2) is 69.3 Å². The summed E-state index contributed by atoms with van der Waals surface area (Å²) in [7, 11) is 1.75. The summed E-state index contributed by atoms with van der Waals surface area (Å²) in [6, 6.07) is 14.4. The molecule has 1 N–H and O–H groups in total. The maximum Gasteiger partial charge on any atom is 0.410 e. The van der Waals surface area contributed by atoms with Gasteiger partial charge < -0.3 is 19.9 Å². The molecule has 0 saturated carbocycles. The van der Waals surface area contributed by atoms with Crippen molar-refractivity contribution in [2.75, 3.05) is 25.0 Å². The fourth-order valence-corrected chi connectivity index (χ4v) is 5.62. The van der Waals surface area contributed by atoms with Gasteiger partial charge in [-0.1, -0.05) is 18.2 Å². The SMILES string of the molecule is Cc1ccc(C(=O)NC(C)C)cc1-c1nc(N2CCC(N(C)C(=O)OC(C)(C)C)CC2)nc2c1ccc(=O)n2-c1ccccc1F. The molecule has 2 aromatic heterocycles. The number of carbonyl (C=O) groups is 2. The minimum Gasteiger partial charge on any atom is -0.444 e. The predicted molar refractivity (Wildman–Crippen MR) is 177 cm³/mol. The number of aromatic nitrogens is 3. The van der Waals surface area contributed by atoms with Gasteiger partial charge in [-0.2, -0.15) is 4.98 Å². The highest BCUT2D eigenvalue weighted by molar-refractivity contribution is 5.98. The molecule has 2 aromatic carbocycles. The number of nitrogens with one attached hydrogen (secondary N) is 1. The monoisotopic (exact) mass is 628 g/mol. The Labute approximate surface area is 268 Å². The lowest BCUT2D eigenvalue weighted by atomic mass is 9.99. The average molecular weight is 629 g/mol. The number of benzene rings is 2. The van der Waals surface area contributed by atoms with E-state index in [9.17, 15) is 14.4 Å². The molecule has 10 nitrogen and oxygen atoms in total. The number of aryl methyl sites for hydroxylation is 1. The second kappa shape index (κ2) is 12.9. The minimum atomic E-state index is -0.597. The number of para-hydroxylation sites is 1. The minimum absolute atomic E-state index is 0.0407. The van der Waals surface area contributed by atoms with Gasteiger partial charge in [0, 0.05) is 54.8 Å². The zero-order chi connectivity index (χ0) is 33.3. The Morgan fingerprint density at radius 1 is 1.04 bits per heavy atom. The van der Waals surface area contributed by atoms with Crippen molar-refractivity contribution >= 4 is 29.0 Å². The molecule has 0 bridgehead atoms. The molecule has 0 spiro atoms. The van der Waals surface area contributed by atoms with E-state index in [1.807, 2.05) is 52.5 Å². The van der Waals surface area contributed by atoms with E-state index in [1.165, 1.54) is 22.8 Å². The van der Waals surface area contributed by atoms with E-state index in [4.69, 9.17) is 14.7 Å². The first-order valence-corrected chi connectivity index (χ1v) is 15.5. The van der Waals surface area contributed by atoms with Crippen LogP contribution in [0.1, 0.15) is 63.4 Å². The molecule has 3 heterocycles. The Balaban J connectivity index is 1.62. The van der Waals surface area contributed by atoms with Crippen molar-refractivity contribution in [1.29, 1.82) is 0 Å². The number of amides is 2. The summed E-state index contributed by atoms with van der Waals surface area (Å²) in [5, 5.41) is 3.47. The van der Waals surface area contributed by atoms with Crippen LogP contribution >= 0.6 is 0 Å². The molecule has 5 rings (SSSR count). The number of piperidine rings is 1. The van der Waals surface area contributed by atoms with Gasteiger partial charge in [-0.25, -0.2) is 14.2 Å². The van der Waals surface area contributed by atoms with E-state index in [0.29, 0.717) is 54.1 Å². The lowest BCUT2D eigenvalue weighted by molar-refractivity contribution is 0.0200. The zero-order valence-electron chi connectivity index (χ0n) is 27.4. The Morgan fingerprint density at radius 3 is 2.39 bits per heavy atom. The van der Waals surface area contributed by atoms with Crippen LogP contribution in [0.5, 0.6) is 0 Å². The summed E-state index contributed by atoms with van der Waals surface area (Å²) in [6.07, 6.45) is 0.914. The highest BCUT2D eigenvalue weighted by Crippen LogP contribution is 2.33.